The van der Waals surface area contributed by atoms with Gasteiger partial charge in [0.1, 0.15) is 11.1 Å². The number of carbonyl (C=O) groups is 1. The van der Waals surface area contributed by atoms with E-state index in [-0.39, 0.29) is 0 Å². The summed E-state index contributed by atoms with van der Waals surface area (Å²) in [5.41, 5.74) is 4.78. The van der Waals surface area contributed by atoms with E-state index in [0.29, 0.717) is 0 Å². The molecule has 0 bridgehead atoms. The molecule has 1 rings (SSSR count). The Morgan fingerprint density at radius 1 is 1.50 bits per heavy atom. The van der Waals surface area contributed by atoms with Crippen LogP contribution in [0.1, 0.15) is 0 Å². The Labute approximate surface area is 79.1 Å². The van der Waals surface area contributed by atoms with Crippen molar-refractivity contribution in [1.82, 2.24) is 9.62 Å². The van der Waals surface area contributed by atoms with Crippen molar-refractivity contribution in [3.63, 3.8) is 0 Å². The standard InChI is InChI=1S/C5H11N3O2S2/c6-5(9)10-12-11-8-3-1-7-2-4-8/h7H,1-4H2,(H2,6,9). The molecule has 70 valence electrons. The van der Waals surface area contributed by atoms with Crippen LogP contribution in [0, 0.1) is 0 Å². The molecule has 1 heterocycles. The third kappa shape index (κ3) is 4.05. The van der Waals surface area contributed by atoms with Crippen LogP contribution < -0.4 is 11.1 Å². The van der Waals surface area contributed by atoms with Gasteiger partial charge in [0.2, 0.25) is 0 Å². The lowest BCUT2D eigenvalue weighted by Crippen LogP contribution is -2.39. The summed E-state index contributed by atoms with van der Waals surface area (Å²) in [7, 11) is 1.41. The zero-order chi connectivity index (χ0) is 8.81. The van der Waals surface area contributed by atoms with E-state index in [9.17, 15) is 4.79 Å². The van der Waals surface area contributed by atoms with E-state index in [2.05, 4.69) is 13.8 Å². The highest BCUT2D eigenvalue weighted by molar-refractivity contribution is 8.74. The molecule has 12 heavy (non-hydrogen) atoms. The van der Waals surface area contributed by atoms with Gasteiger partial charge in [-0.15, -0.1) is 0 Å². The number of nitrogens with two attached hydrogens (primary N) is 1. The molecule has 1 fully saturated rings. The van der Waals surface area contributed by atoms with Crippen LogP contribution in [0.5, 0.6) is 0 Å². The first kappa shape index (κ1) is 9.97. The van der Waals surface area contributed by atoms with Crippen molar-refractivity contribution in [2.24, 2.45) is 5.73 Å². The van der Waals surface area contributed by atoms with Gasteiger partial charge in [-0.2, -0.15) is 0 Å². The number of piperazine rings is 1. The van der Waals surface area contributed by atoms with E-state index >= 15 is 0 Å². The van der Waals surface area contributed by atoms with Gasteiger partial charge in [-0.3, -0.25) is 0 Å². The summed E-state index contributed by atoms with van der Waals surface area (Å²) in [6.07, 6.45) is -0.748. The molecule has 0 aromatic carbocycles. The smallest absolute Gasteiger partial charge is 0.362 e. The Kier molecular flexibility index (Phi) is 4.59. The fourth-order valence-corrected chi connectivity index (χ4v) is 2.32. The van der Waals surface area contributed by atoms with Crippen molar-refractivity contribution in [2.75, 3.05) is 26.2 Å². The Hall–Kier alpha value is -0.110. The van der Waals surface area contributed by atoms with E-state index in [1.165, 1.54) is 11.0 Å². The summed E-state index contributed by atoms with van der Waals surface area (Å²) in [6.45, 7) is 3.87. The molecule has 0 radical (unpaired) electrons. The number of hydrogen-bond donors (Lipinski definition) is 2. The summed E-state index contributed by atoms with van der Waals surface area (Å²) >= 11 is 1.01. The quantitative estimate of drug-likeness (QED) is 0.393. The lowest BCUT2D eigenvalue weighted by molar-refractivity contribution is 0.219. The van der Waals surface area contributed by atoms with Crippen LogP contribution in [0.25, 0.3) is 0 Å². The van der Waals surface area contributed by atoms with Gasteiger partial charge >= 0.3 is 6.09 Å². The van der Waals surface area contributed by atoms with Crippen molar-refractivity contribution in [3.05, 3.63) is 0 Å². The Balaban J connectivity index is 2.01. The molecule has 1 amide bonds. The molecule has 0 atom stereocenters. The SMILES string of the molecule is NC(=O)OSSN1CCNCC1. The summed E-state index contributed by atoms with van der Waals surface area (Å²) in [6, 6.07) is 0. The van der Waals surface area contributed by atoms with Crippen LogP contribution in [-0.2, 0) is 4.18 Å². The first-order valence-corrected chi connectivity index (χ1v) is 5.58. The second-order valence-corrected chi connectivity index (χ2v) is 4.05. The van der Waals surface area contributed by atoms with Crippen LogP contribution in [0.3, 0.4) is 0 Å². The zero-order valence-electron chi connectivity index (χ0n) is 6.49. The fourth-order valence-electron chi connectivity index (χ4n) is 0.811. The van der Waals surface area contributed by atoms with E-state index in [1.54, 1.807) is 0 Å². The van der Waals surface area contributed by atoms with Crippen LogP contribution in [-0.4, -0.2) is 36.6 Å². The lowest BCUT2D eigenvalue weighted by Gasteiger charge is -2.24. The average molecular weight is 209 g/mol. The fraction of sp³-hybridized carbons (Fsp3) is 0.800. The predicted molar refractivity (Wildman–Crippen MR) is 50.3 cm³/mol. The normalized spacial score (nSPS) is 19.0. The van der Waals surface area contributed by atoms with Gasteiger partial charge in [-0.25, -0.2) is 9.10 Å². The molecule has 0 aromatic rings. The van der Waals surface area contributed by atoms with Crippen molar-refractivity contribution in [3.8, 4) is 0 Å². The minimum Gasteiger partial charge on any atom is -0.362 e. The molecule has 5 nitrogen and oxygen atoms in total. The van der Waals surface area contributed by atoms with E-state index in [1.807, 2.05) is 0 Å². The molecule has 7 heteroatoms. The molecule has 1 aliphatic rings. The summed E-state index contributed by atoms with van der Waals surface area (Å²) in [5, 5.41) is 3.22. The first-order valence-electron chi connectivity index (χ1n) is 3.55. The van der Waals surface area contributed by atoms with Gasteiger partial charge in [0, 0.05) is 37.2 Å². The maximum absolute atomic E-state index is 10.2. The molecular formula is C5H11N3O2S2. The monoisotopic (exact) mass is 209 g/mol. The number of hydrogen-bond acceptors (Lipinski definition) is 6. The number of nitrogens with one attached hydrogen (secondary N) is 1. The van der Waals surface area contributed by atoms with E-state index in [0.717, 1.165) is 37.3 Å². The third-order valence-electron chi connectivity index (χ3n) is 1.33. The predicted octanol–water partition coefficient (Wildman–Crippen LogP) is 0.198. The highest BCUT2D eigenvalue weighted by Gasteiger charge is 2.11. The number of amides is 1. The molecule has 1 saturated heterocycles. The maximum Gasteiger partial charge on any atom is 0.417 e. The molecule has 0 aromatic heterocycles. The molecule has 0 spiro atoms. The summed E-state index contributed by atoms with van der Waals surface area (Å²) in [4.78, 5) is 10.2. The third-order valence-corrected chi connectivity index (χ3v) is 3.22. The van der Waals surface area contributed by atoms with Crippen molar-refractivity contribution >= 4 is 28.1 Å². The molecular weight excluding hydrogens is 198 g/mol. The lowest BCUT2D eigenvalue weighted by atomic mass is 10.4. The van der Waals surface area contributed by atoms with Gasteiger partial charge in [-0.1, -0.05) is 0 Å². The van der Waals surface area contributed by atoms with Crippen molar-refractivity contribution < 1.29 is 8.98 Å². The Morgan fingerprint density at radius 3 is 2.75 bits per heavy atom. The van der Waals surface area contributed by atoms with Gasteiger partial charge in [0.05, 0.1) is 0 Å². The van der Waals surface area contributed by atoms with Crippen molar-refractivity contribution in [2.45, 2.75) is 0 Å². The summed E-state index contributed by atoms with van der Waals surface area (Å²) < 4.78 is 6.62. The minimum absolute atomic E-state index is 0.748. The number of primary amides is 1. The second-order valence-electron chi connectivity index (χ2n) is 2.22. The molecule has 0 aliphatic carbocycles. The molecule has 0 saturated carbocycles. The molecule has 1 aliphatic heterocycles. The van der Waals surface area contributed by atoms with Crippen LogP contribution in [0.15, 0.2) is 0 Å². The molecule has 0 unspecified atom stereocenters. The number of rotatable bonds is 3. The minimum atomic E-state index is -0.748. The van der Waals surface area contributed by atoms with Gasteiger partial charge in [0.25, 0.3) is 0 Å². The second kappa shape index (κ2) is 5.52. The Morgan fingerprint density at radius 2 is 2.17 bits per heavy atom. The largest absolute Gasteiger partial charge is 0.417 e. The number of carbonyl (C=O) groups excluding carboxylic acids is 1. The topological polar surface area (TPSA) is 67.6 Å². The first-order chi connectivity index (χ1) is 5.79. The maximum atomic E-state index is 10.2. The summed E-state index contributed by atoms with van der Waals surface area (Å²) in [5.74, 6) is 0. The van der Waals surface area contributed by atoms with Crippen molar-refractivity contribution in [1.29, 1.82) is 0 Å². The highest BCUT2D eigenvalue weighted by Crippen LogP contribution is 2.26. The van der Waals surface area contributed by atoms with Crippen LogP contribution in [0.4, 0.5) is 4.79 Å². The van der Waals surface area contributed by atoms with Crippen LogP contribution >= 0.6 is 22.1 Å². The van der Waals surface area contributed by atoms with Gasteiger partial charge in [0.15, 0.2) is 0 Å². The van der Waals surface area contributed by atoms with Crippen LogP contribution in [0.2, 0.25) is 0 Å². The van der Waals surface area contributed by atoms with E-state index in [4.69, 9.17) is 5.73 Å². The zero-order valence-corrected chi connectivity index (χ0v) is 8.12. The Bertz CT molecular complexity index is 152. The molecule has 3 N–H and O–H groups in total. The van der Waals surface area contributed by atoms with Gasteiger partial charge < -0.3 is 15.2 Å². The number of nitrogens with zero attached hydrogens (tertiary/aromatic N) is 1. The van der Waals surface area contributed by atoms with E-state index < -0.39 is 6.09 Å². The average Bonchev–Trinajstić information content (AvgIpc) is 2.05. The van der Waals surface area contributed by atoms with Gasteiger partial charge in [-0.05, 0) is 0 Å². The highest BCUT2D eigenvalue weighted by atomic mass is 33.1.